The van der Waals surface area contributed by atoms with Gasteiger partial charge in [-0.3, -0.25) is 0 Å². The minimum absolute atomic E-state index is 0.175. The quantitative estimate of drug-likeness (QED) is 0.480. The highest BCUT2D eigenvalue weighted by molar-refractivity contribution is 6.28. The van der Waals surface area contributed by atoms with Gasteiger partial charge in [-0.15, -0.1) is 0 Å². The molecule has 1 unspecified atom stereocenters. The highest BCUT2D eigenvalue weighted by Gasteiger charge is 2.26. The van der Waals surface area contributed by atoms with Gasteiger partial charge in [0, 0.05) is 19.1 Å². The molecule has 0 spiro atoms. The molecule has 160 valence electrons. The lowest BCUT2D eigenvalue weighted by molar-refractivity contribution is 0.0576. The van der Waals surface area contributed by atoms with E-state index in [0.717, 1.165) is 49.9 Å². The number of fused-ring (bicyclic) bond motifs is 1. The number of hydrazine groups is 1. The zero-order valence-electron chi connectivity index (χ0n) is 17.4. The van der Waals surface area contributed by atoms with Crippen LogP contribution in [0.1, 0.15) is 77.2 Å². The SMILES string of the molecule is CCCCCC(O)C1CCN(Nc2nc(Cl)nc3c2ncn3C2CCCC2)CC1. The van der Waals surface area contributed by atoms with E-state index in [0.29, 0.717) is 17.8 Å². The number of hydrogen-bond acceptors (Lipinski definition) is 6. The molecule has 0 bridgehead atoms. The molecule has 1 aliphatic heterocycles. The third-order valence-electron chi connectivity index (χ3n) is 6.56. The summed E-state index contributed by atoms with van der Waals surface area (Å²) >= 11 is 6.25. The molecule has 7 nitrogen and oxygen atoms in total. The monoisotopic (exact) mass is 420 g/mol. The Morgan fingerprint density at radius 1 is 1.17 bits per heavy atom. The third-order valence-corrected chi connectivity index (χ3v) is 6.73. The summed E-state index contributed by atoms with van der Waals surface area (Å²) in [5, 5.41) is 12.9. The van der Waals surface area contributed by atoms with E-state index in [1.807, 2.05) is 6.33 Å². The van der Waals surface area contributed by atoms with Crippen molar-refractivity contribution in [1.29, 1.82) is 0 Å². The Bertz CT molecular complexity index is 798. The first kappa shape index (κ1) is 20.8. The van der Waals surface area contributed by atoms with Crippen LogP contribution < -0.4 is 5.43 Å². The summed E-state index contributed by atoms with van der Waals surface area (Å²) in [5.74, 6) is 1.07. The Hall–Kier alpha value is -1.44. The van der Waals surface area contributed by atoms with Crippen molar-refractivity contribution in [3.8, 4) is 0 Å². The summed E-state index contributed by atoms with van der Waals surface area (Å²) in [6.45, 7) is 3.95. The largest absolute Gasteiger partial charge is 0.393 e. The van der Waals surface area contributed by atoms with Gasteiger partial charge in [-0.05, 0) is 49.6 Å². The Labute approximate surface area is 177 Å². The number of anilines is 1. The van der Waals surface area contributed by atoms with Crippen LogP contribution in [0.15, 0.2) is 6.33 Å². The molecule has 3 heterocycles. The van der Waals surface area contributed by atoms with Crippen molar-refractivity contribution in [2.75, 3.05) is 18.5 Å². The van der Waals surface area contributed by atoms with Crippen LogP contribution in [-0.4, -0.2) is 48.8 Å². The van der Waals surface area contributed by atoms with Gasteiger partial charge in [0.1, 0.15) is 0 Å². The van der Waals surface area contributed by atoms with Crippen LogP contribution in [0, 0.1) is 5.92 Å². The van der Waals surface area contributed by atoms with E-state index in [1.54, 1.807) is 0 Å². The van der Waals surface area contributed by atoms with E-state index in [1.165, 1.54) is 38.5 Å². The van der Waals surface area contributed by atoms with E-state index in [9.17, 15) is 5.11 Å². The van der Waals surface area contributed by atoms with Crippen molar-refractivity contribution in [2.24, 2.45) is 5.92 Å². The highest BCUT2D eigenvalue weighted by atomic mass is 35.5. The highest BCUT2D eigenvalue weighted by Crippen LogP contribution is 2.33. The van der Waals surface area contributed by atoms with Gasteiger partial charge in [-0.2, -0.15) is 9.97 Å². The maximum Gasteiger partial charge on any atom is 0.226 e. The van der Waals surface area contributed by atoms with Crippen molar-refractivity contribution in [1.82, 2.24) is 24.5 Å². The van der Waals surface area contributed by atoms with E-state index in [-0.39, 0.29) is 11.4 Å². The van der Waals surface area contributed by atoms with Crippen LogP contribution in [0.3, 0.4) is 0 Å². The number of halogens is 1. The van der Waals surface area contributed by atoms with E-state index >= 15 is 0 Å². The molecule has 0 radical (unpaired) electrons. The zero-order valence-corrected chi connectivity index (χ0v) is 18.1. The molecule has 0 aromatic carbocycles. The van der Waals surface area contributed by atoms with Crippen molar-refractivity contribution in [3.63, 3.8) is 0 Å². The second kappa shape index (κ2) is 9.58. The maximum absolute atomic E-state index is 10.5. The van der Waals surface area contributed by atoms with Gasteiger partial charge in [-0.25, -0.2) is 9.99 Å². The second-order valence-corrected chi connectivity index (χ2v) is 8.94. The summed E-state index contributed by atoms with van der Waals surface area (Å²) in [6, 6.07) is 0.462. The molecular formula is C21H33ClN6O. The fourth-order valence-electron chi connectivity index (χ4n) is 4.80. The standard InChI is InChI=1S/C21H33ClN6O/c1-2-3-4-9-17(29)15-10-12-27(13-11-15)26-19-18-20(25-21(22)24-19)28(14-23-18)16-7-5-6-8-16/h14-17,29H,2-13H2,1H3,(H,24,25,26). The molecule has 1 aliphatic carbocycles. The molecule has 2 aromatic heterocycles. The van der Waals surface area contributed by atoms with Crippen LogP contribution in [0.2, 0.25) is 5.28 Å². The van der Waals surface area contributed by atoms with E-state index in [2.05, 4.69) is 36.9 Å². The summed E-state index contributed by atoms with van der Waals surface area (Å²) in [6.07, 6.45) is 13.0. The van der Waals surface area contributed by atoms with Crippen LogP contribution in [0.5, 0.6) is 0 Å². The third kappa shape index (κ3) is 4.84. The Morgan fingerprint density at radius 2 is 1.93 bits per heavy atom. The average Bonchev–Trinajstić information content (AvgIpc) is 3.38. The van der Waals surface area contributed by atoms with Gasteiger partial charge < -0.3 is 15.1 Å². The first-order valence-electron chi connectivity index (χ1n) is 11.3. The molecule has 0 amide bonds. The predicted molar refractivity (Wildman–Crippen MR) is 116 cm³/mol. The first-order valence-corrected chi connectivity index (χ1v) is 11.6. The van der Waals surface area contributed by atoms with Crippen LogP contribution in [-0.2, 0) is 0 Å². The number of aromatic nitrogens is 4. The van der Waals surface area contributed by atoms with Crippen LogP contribution >= 0.6 is 11.6 Å². The molecule has 2 aliphatic rings. The molecular weight excluding hydrogens is 388 g/mol. The fourth-order valence-corrected chi connectivity index (χ4v) is 4.97. The number of nitrogens with one attached hydrogen (secondary N) is 1. The van der Waals surface area contributed by atoms with Crippen molar-refractivity contribution in [3.05, 3.63) is 11.6 Å². The molecule has 8 heteroatoms. The maximum atomic E-state index is 10.5. The number of aliphatic hydroxyl groups excluding tert-OH is 1. The van der Waals surface area contributed by atoms with Crippen LogP contribution in [0.25, 0.3) is 11.2 Å². The number of hydrogen-bond donors (Lipinski definition) is 2. The summed E-state index contributed by atoms with van der Waals surface area (Å²) < 4.78 is 2.17. The van der Waals surface area contributed by atoms with Crippen LogP contribution in [0.4, 0.5) is 5.82 Å². The van der Waals surface area contributed by atoms with Gasteiger partial charge in [-0.1, -0.05) is 39.0 Å². The first-order chi connectivity index (χ1) is 14.2. The molecule has 4 rings (SSSR count). The number of imidazole rings is 1. The molecule has 2 aromatic rings. The number of rotatable bonds is 8. The van der Waals surface area contributed by atoms with Crippen molar-refractivity contribution < 1.29 is 5.11 Å². The molecule has 2 fully saturated rings. The van der Waals surface area contributed by atoms with Gasteiger partial charge in [0.2, 0.25) is 5.28 Å². The lowest BCUT2D eigenvalue weighted by Crippen LogP contribution is -2.41. The normalized spacial score (nSPS) is 20.5. The minimum atomic E-state index is -0.175. The number of unbranched alkanes of at least 4 members (excludes halogenated alkanes) is 2. The summed E-state index contributed by atoms with van der Waals surface area (Å²) in [4.78, 5) is 13.5. The Morgan fingerprint density at radius 3 is 2.66 bits per heavy atom. The van der Waals surface area contributed by atoms with Crippen molar-refractivity contribution >= 4 is 28.6 Å². The molecule has 1 saturated carbocycles. The van der Waals surface area contributed by atoms with E-state index in [4.69, 9.17) is 11.6 Å². The lowest BCUT2D eigenvalue weighted by atomic mass is 9.89. The number of piperidine rings is 1. The Balaban J connectivity index is 1.40. The minimum Gasteiger partial charge on any atom is -0.393 e. The number of nitrogens with zero attached hydrogens (tertiary/aromatic N) is 5. The lowest BCUT2D eigenvalue weighted by Gasteiger charge is -2.34. The smallest absolute Gasteiger partial charge is 0.226 e. The van der Waals surface area contributed by atoms with E-state index < -0.39 is 0 Å². The van der Waals surface area contributed by atoms with Gasteiger partial charge >= 0.3 is 0 Å². The fraction of sp³-hybridized carbons (Fsp3) is 0.762. The van der Waals surface area contributed by atoms with Gasteiger partial charge in [0.25, 0.3) is 0 Å². The second-order valence-electron chi connectivity index (χ2n) is 8.60. The molecule has 1 saturated heterocycles. The summed E-state index contributed by atoms with van der Waals surface area (Å²) in [7, 11) is 0. The molecule has 29 heavy (non-hydrogen) atoms. The molecule has 1 atom stereocenters. The van der Waals surface area contributed by atoms with Gasteiger partial charge in [0.15, 0.2) is 17.0 Å². The number of aliphatic hydroxyl groups is 1. The summed E-state index contributed by atoms with van der Waals surface area (Å²) in [5.41, 5.74) is 5.02. The average molecular weight is 421 g/mol. The van der Waals surface area contributed by atoms with Gasteiger partial charge in [0.05, 0.1) is 12.4 Å². The van der Waals surface area contributed by atoms with Crippen molar-refractivity contribution in [2.45, 2.75) is 83.3 Å². The topological polar surface area (TPSA) is 79.1 Å². The Kier molecular flexibility index (Phi) is 6.88. The molecule has 2 N–H and O–H groups in total. The predicted octanol–water partition coefficient (Wildman–Crippen LogP) is 4.57. The zero-order chi connectivity index (χ0) is 20.2.